The van der Waals surface area contributed by atoms with Gasteiger partial charge in [-0.25, -0.2) is 0 Å². The lowest BCUT2D eigenvalue weighted by atomic mass is 9.90. The first kappa shape index (κ1) is 25.5. The molecule has 170 valence electrons. The second kappa shape index (κ2) is 13.6. The fourth-order valence-electron chi connectivity index (χ4n) is 4.54. The molecule has 0 N–H and O–H groups in total. The molecule has 1 unspecified atom stereocenters. The zero-order chi connectivity index (χ0) is 23.3. The largest absolute Gasteiger partial charge is 0.321 e. The smallest absolute Gasteiger partial charge is 0.0484 e. The van der Waals surface area contributed by atoms with E-state index in [2.05, 4.69) is 87.4 Å². The molecule has 3 rings (SSSR count). The number of fused-ring (bicyclic) bond motifs is 1. The van der Waals surface area contributed by atoms with E-state index >= 15 is 0 Å². The molecule has 0 aromatic carbocycles. The summed E-state index contributed by atoms with van der Waals surface area (Å²) in [5.41, 5.74) is 8.35. The van der Waals surface area contributed by atoms with Crippen LogP contribution in [0.1, 0.15) is 84.8 Å². The number of terminal acetylenes is 1. The zero-order valence-corrected chi connectivity index (χ0v) is 20.7. The lowest BCUT2D eigenvalue weighted by molar-refractivity contribution is 0.516. The van der Waals surface area contributed by atoms with Gasteiger partial charge in [0.2, 0.25) is 0 Å². The first-order valence-corrected chi connectivity index (χ1v) is 12.2. The Morgan fingerprint density at radius 1 is 1.28 bits per heavy atom. The van der Waals surface area contributed by atoms with Gasteiger partial charge in [-0.2, -0.15) is 0 Å². The van der Waals surface area contributed by atoms with E-state index in [9.17, 15) is 0 Å². The fourth-order valence-corrected chi connectivity index (χ4v) is 4.54. The van der Waals surface area contributed by atoms with Crippen LogP contribution in [-0.2, 0) is 0 Å². The second-order valence-corrected chi connectivity index (χ2v) is 8.80. The molecule has 0 saturated heterocycles. The molecule has 1 aliphatic heterocycles. The molecule has 2 aliphatic rings. The van der Waals surface area contributed by atoms with E-state index in [0.717, 1.165) is 31.6 Å². The lowest BCUT2D eigenvalue weighted by Crippen LogP contribution is -1.98. The SMILES string of the molecule is C#C/C=C\C=C1/CCC(C2=CC=CCC2)=C(C)c2cccn21.C=C(C)C(CC)CCCC. The highest BCUT2D eigenvalue weighted by Gasteiger charge is 2.19. The molecule has 0 amide bonds. The van der Waals surface area contributed by atoms with Gasteiger partial charge >= 0.3 is 0 Å². The molecular weight excluding hydrogens is 386 g/mol. The van der Waals surface area contributed by atoms with Crippen molar-refractivity contribution >= 4 is 11.3 Å². The number of rotatable bonds is 7. The first-order chi connectivity index (χ1) is 15.5. The highest BCUT2D eigenvalue weighted by molar-refractivity contribution is 5.74. The Morgan fingerprint density at radius 2 is 2.09 bits per heavy atom. The van der Waals surface area contributed by atoms with Crippen LogP contribution in [0.2, 0.25) is 0 Å². The summed E-state index contributed by atoms with van der Waals surface area (Å²) in [6, 6.07) is 4.33. The Hall–Kier alpha value is -2.72. The third-order valence-corrected chi connectivity index (χ3v) is 6.50. The molecule has 1 atom stereocenters. The molecule has 1 aliphatic carbocycles. The minimum absolute atomic E-state index is 0.778. The molecule has 0 saturated carbocycles. The van der Waals surface area contributed by atoms with E-state index in [4.69, 9.17) is 6.42 Å². The summed E-state index contributed by atoms with van der Waals surface area (Å²) in [7, 11) is 0. The van der Waals surface area contributed by atoms with Gasteiger partial charge in [0.25, 0.3) is 0 Å². The topological polar surface area (TPSA) is 4.93 Å². The number of allylic oxidation sites excluding steroid dienone is 11. The number of hydrogen-bond donors (Lipinski definition) is 0. The standard InChI is InChI=1S/C21H21N.C10H20/c1-3-4-6-12-19-14-15-20(18-10-7-5-8-11-18)17(2)21-13-9-16-22(19)21;1-5-7-8-10(6-2)9(3)4/h1,4-7,9-10,12-13,16H,8,11,14-15H2,2H3;10H,3,5-8H2,1-2,4H3/b6-4-,19-12+;. The summed E-state index contributed by atoms with van der Waals surface area (Å²) >= 11 is 0. The average molecular weight is 428 g/mol. The van der Waals surface area contributed by atoms with Crippen LogP contribution >= 0.6 is 0 Å². The molecular formula is C31H41N. The van der Waals surface area contributed by atoms with Crippen molar-refractivity contribution in [2.24, 2.45) is 5.92 Å². The predicted octanol–water partition coefficient (Wildman–Crippen LogP) is 9.14. The van der Waals surface area contributed by atoms with Crippen molar-refractivity contribution in [2.45, 2.75) is 79.1 Å². The van der Waals surface area contributed by atoms with Gasteiger partial charge in [0.15, 0.2) is 0 Å². The molecule has 0 bridgehead atoms. The molecule has 0 spiro atoms. The van der Waals surface area contributed by atoms with Crippen molar-refractivity contribution in [3.63, 3.8) is 0 Å². The van der Waals surface area contributed by atoms with Crippen molar-refractivity contribution < 1.29 is 0 Å². The zero-order valence-electron chi connectivity index (χ0n) is 20.7. The van der Waals surface area contributed by atoms with Crippen LogP contribution in [0.3, 0.4) is 0 Å². The summed E-state index contributed by atoms with van der Waals surface area (Å²) in [5.74, 6) is 3.33. The van der Waals surface area contributed by atoms with Crippen LogP contribution in [0.15, 0.2) is 78.1 Å². The van der Waals surface area contributed by atoms with Gasteiger partial charge in [-0.05, 0) is 99.3 Å². The third-order valence-electron chi connectivity index (χ3n) is 6.50. The van der Waals surface area contributed by atoms with Gasteiger partial charge in [0, 0.05) is 17.6 Å². The minimum Gasteiger partial charge on any atom is -0.321 e. The molecule has 2 heterocycles. The van der Waals surface area contributed by atoms with E-state index in [1.807, 2.05) is 6.08 Å². The molecule has 1 aromatic rings. The number of hydrogen-bond acceptors (Lipinski definition) is 0. The van der Waals surface area contributed by atoms with Gasteiger partial charge in [-0.1, -0.05) is 69.1 Å². The van der Waals surface area contributed by atoms with Gasteiger partial charge in [-0.15, -0.1) is 6.42 Å². The number of nitrogens with zero attached hydrogens (tertiary/aromatic N) is 1. The normalized spacial score (nSPS) is 17.8. The van der Waals surface area contributed by atoms with Crippen molar-refractivity contribution in [1.82, 2.24) is 4.57 Å². The van der Waals surface area contributed by atoms with Gasteiger partial charge in [-0.3, -0.25) is 0 Å². The van der Waals surface area contributed by atoms with Gasteiger partial charge in [0.05, 0.1) is 0 Å². The lowest BCUT2D eigenvalue weighted by Gasteiger charge is -2.15. The van der Waals surface area contributed by atoms with E-state index < -0.39 is 0 Å². The molecule has 1 nitrogen and oxygen atoms in total. The first-order valence-electron chi connectivity index (χ1n) is 12.2. The molecule has 1 heteroatoms. The van der Waals surface area contributed by atoms with Crippen molar-refractivity contribution in [3.05, 3.63) is 83.8 Å². The van der Waals surface area contributed by atoms with Crippen LogP contribution < -0.4 is 0 Å². The Labute approximate surface area is 197 Å². The maximum Gasteiger partial charge on any atom is 0.0484 e. The van der Waals surface area contributed by atoms with Crippen LogP contribution in [0.4, 0.5) is 0 Å². The maximum absolute atomic E-state index is 5.30. The Balaban J connectivity index is 0.000000309. The summed E-state index contributed by atoms with van der Waals surface area (Å²) in [5, 5.41) is 0. The van der Waals surface area contributed by atoms with E-state index in [1.54, 1.807) is 6.08 Å². The number of aromatic nitrogens is 1. The predicted molar refractivity (Wildman–Crippen MR) is 143 cm³/mol. The van der Waals surface area contributed by atoms with Crippen molar-refractivity contribution in [3.8, 4) is 12.3 Å². The fraction of sp³-hybridized carbons (Fsp3) is 0.419. The van der Waals surface area contributed by atoms with E-state index in [0.29, 0.717) is 0 Å². The van der Waals surface area contributed by atoms with E-state index in [-0.39, 0.29) is 0 Å². The number of unbranched alkanes of at least 4 members (excludes halogenated alkanes) is 1. The van der Waals surface area contributed by atoms with E-state index in [1.165, 1.54) is 59.4 Å². The summed E-state index contributed by atoms with van der Waals surface area (Å²) in [4.78, 5) is 0. The highest BCUT2D eigenvalue weighted by Crippen LogP contribution is 2.37. The second-order valence-electron chi connectivity index (χ2n) is 8.80. The summed E-state index contributed by atoms with van der Waals surface area (Å²) in [6.45, 7) is 12.9. The highest BCUT2D eigenvalue weighted by atomic mass is 15.0. The minimum atomic E-state index is 0.778. The van der Waals surface area contributed by atoms with Crippen LogP contribution in [0.5, 0.6) is 0 Å². The van der Waals surface area contributed by atoms with Crippen LogP contribution in [-0.4, -0.2) is 4.57 Å². The maximum atomic E-state index is 5.30. The van der Waals surface area contributed by atoms with Crippen molar-refractivity contribution in [2.75, 3.05) is 0 Å². The van der Waals surface area contributed by atoms with Gasteiger partial charge in [0.1, 0.15) is 0 Å². The Morgan fingerprint density at radius 3 is 2.72 bits per heavy atom. The third kappa shape index (κ3) is 7.16. The van der Waals surface area contributed by atoms with Crippen LogP contribution in [0.25, 0.3) is 11.3 Å². The average Bonchev–Trinajstić information content (AvgIpc) is 3.25. The Bertz CT molecular complexity index is 949. The van der Waals surface area contributed by atoms with Crippen molar-refractivity contribution in [1.29, 1.82) is 0 Å². The monoisotopic (exact) mass is 427 g/mol. The molecule has 0 fully saturated rings. The van der Waals surface area contributed by atoms with Crippen LogP contribution in [0, 0.1) is 18.3 Å². The quantitative estimate of drug-likeness (QED) is 0.302. The summed E-state index contributed by atoms with van der Waals surface area (Å²) in [6.07, 6.45) is 29.7. The summed E-state index contributed by atoms with van der Waals surface area (Å²) < 4.78 is 2.29. The van der Waals surface area contributed by atoms with Gasteiger partial charge < -0.3 is 4.57 Å². The molecule has 0 radical (unpaired) electrons. The Kier molecular flexibility index (Phi) is 10.9. The molecule has 32 heavy (non-hydrogen) atoms. The molecule has 1 aromatic heterocycles.